The van der Waals surface area contributed by atoms with Crippen LogP contribution in [0.4, 0.5) is 4.39 Å². The largest absolute Gasteiger partial charge is 0.311 e. The molecule has 1 N–H and O–H groups in total. The van der Waals surface area contributed by atoms with Crippen molar-refractivity contribution >= 4 is 0 Å². The summed E-state index contributed by atoms with van der Waals surface area (Å²) >= 11 is 0. The fraction of sp³-hybridized carbons (Fsp3) is 0.647. The monoisotopic (exact) mass is 276 g/mol. The smallest absolute Gasteiger partial charge is 0.127 e. The Morgan fingerprint density at radius 3 is 2.80 bits per heavy atom. The van der Waals surface area contributed by atoms with Gasteiger partial charge in [-0.15, -0.1) is 0 Å². The van der Waals surface area contributed by atoms with Crippen LogP contribution >= 0.6 is 0 Å². The van der Waals surface area contributed by atoms with Crippen LogP contribution in [0.2, 0.25) is 0 Å². The fourth-order valence-electron chi connectivity index (χ4n) is 3.35. The number of rotatable bonds is 5. The minimum absolute atomic E-state index is 0.0655. The van der Waals surface area contributed by atoms with Gasteiger partial charge in [0.05, 0.1) is 0 Å². The summed E-state index contributed by atoms with van der Waals surface area (Å²) in [6, 6.07) is 8.38. The normalized spacial score (nSPS) is 27.7. The van der Waals surface area contributed by atoms with E-state index < -0.39 is 0 Å². The van der Waals surface area contributed by atoms with Gasteiger partial charge in [-0.05, 0) is 31.2 Å². The van der Waals surface area contributed by atoms with Crippen LogP contribution in [0.3, 0.4) is 0 Å². The molecular weight excluding hydrogens is 251 g/mol. The van der Waals surface area contributed by atoms with E-state index in [4.69, 9.17) is 0 Å². The summed E-state index contributed by atoms with van der Waals surface area (Å²) in [4.78, 5) is 2.50. The Morgan fingerprint density at radius 2 is 2.10 bits per heavy atom. The minimum Gasteiger partial charge on any atom is -0.311 e. The highest BCUT2D eigenvalue weighted by Crippen LogP contribution is 2.35. The lowest BCUT2D eigenvalue weighted by Crippen LogP contribution is -2.56. The number of benzene rings is 1. The van der Waals surface area contributed by atoms with Crippen molar-refractivity contribution in [3.8, 4) is 0 Å². The maximum absolute atomic E-state index is 13.9. The van der Waals surface area contributed by atoms with Gasteiger partial charge in [0.2, 0.25) is 0 Å². The third-order valence-electron chi connectivity index (χ3n) is 4.71. The van der Waals surface area contributed by atoms with Crippen molar-refractivity contribution in [3.63, 3.8) is 0 Å². The van der Waals surface area contributed by atoms with Gasteiger partial charge in [0.1, 0.15) is 5.82 Å². The molecule has 2 aliphatic rings. The molecule has 0 bridgehead atoms. The van der Waals surface area contributed by atoms with Crippen LogP contribution in [0.5, 0.6) is 0 Å². The lowest BCUT2D eigenvalue weighted by Gasteiger charge is -2.41. The average Bonchev–Trinajstić information content (AvgIpc) is 3.28. The van der Waals surface area contributed by atoms with E-state index in [-0.39, 0.29) is 5.82 Å². The van der Waals surface area contributed by atoms with Crippen molar-refractivity contribution in [2.24, 2.45) is 5.92 Å². The molecule has 1 aliphatic heterocycles. The van der Waals surface area contributed by atoms with Crippen molar-refractivity contribution in [2.45, 2.75) is 51.2 Å². The van der Waals surface area contributed by atoms with Gasteiger partial charge < -0.3 is 5.32 Å². The van der Waals surface area contributed by atoms with Gasteiger partial charge in [0, 0.05) is 37.3 Å². The fourth-order valence-corrected chi connectivity index (χ4v) is 3.35. The lowest BCUT2D eigenvalue weighted by molar-refractivity contribution is 0.107. The average molecular weight is 276 g/mol. The number of nitrogens with one attached hydrogen (secondary N) is 1. The first-order valence-corrected chi connectivity index (χ1v) is 7.98. The van der Waals surface area contributed by atoms with Gasteiger partial charge in [-0.3, -0.25) is 4.90 Å². The van der Waals surface area contributed by atoms with Crippen molar-refractivity contribution < 1.29 is 4.39 Å². The zero-order valence-electron chi connectivity index (χ0n) is 12.3. The first-order chi connectivity index (χ1) is 9.78. The number of nitrogens with zero attached hydrogens (tertiary/aromatic N) is 1. The quantitative estimate of drug-likeness (QED) is 0.888. The standard InChI is InChI=1S/C17H25FN2/c1-2-5-15-10-19-17(13-8-9-13)12-20(15)11-14-6-3-4-7-16(14)18/h3-4,6-7,13,15,17,19H,2,5,8-12H2,1H3. The molecule has 3 heteroatoms. The Balaban J connectivity index is 1.70. The van der Waals surface area contributed by atoms with E-state index in [2.05, 4.69) is 17.1 Å². The van der Waals surface area contributed by atoms with E-state index in [1.807, 2.05) is 12.1 Å². The van der Waals surface area contributed by atoms with Crippen LogP contribution in [0, 0.1) is 11.7 Å². The summed E-state index contributed by atoms with van der Waals surface area (Å²) in [5, 5.41) is 3.71. The Labute approximate surface area is 121 Å². The van der Waals surface area contributed by atoms with Gasteiger partial charge >= 0.3 is 0 Å². The number of hydrogen-bond acceptors (Lipinski definition) is 2. The molecule has 1 saturated carbocycles. The van der Waals surface area contributed by atoms with Gasteiger partial charge in [-0.25, -0.2) is 4.39 Å². The van der Waals surface area contributed by atoms with E-state index in [1.165, 1.54) is 25.7 Å². The summed E-state index contributed by atoms with van der Waals surface area (Å²) in [5.74, 6) is 0.796. The number of piperazine rings is 1. The van der Waals surface area contributed by atoms with Crippen LogP contribution in [0.25, 0.3) is 0 Å². The zero-order chi connectivity index (χ0) is 13.9. The molecule has 1 aromatic carbocycles. The van der Waals surface area contributed by atoms with E-state index in [0.29, 0.717) is 12.1 Å². The Hall–Kier alpha value is -0.930. The van der Waals surface area contributed by atoms with Crippen molar-refractivity contribution in [3.05, 3.63) is 35.6 Å². The molecule has 1 aliphatic carbocycles. The van der Waals surface area contributed by atoms with Crippen LogP contribution in [0.15, 0.2) is 24.3 Å². The molecule has 2 atom stereocenters. The molecule has 0 radical (unpaired) electrons. The summed E-state index contributed by atoms with van der Waals surface area (Å²) in [6.45, 7) is 5.11. The second-order valence-electron chi connectivity index (χ2n) is 6.32. The Morgan fingerprint density at radius 1 is 1.30 bits per heavy atom. The van der Waals surface area contributed by atoms with Crippen molar-refractivity contribution in [1.82, 2.24) is 10.2 Å². The van der Waals surface area contributed by atoms with Gasteiger partial charge in [-0.1, -0.05) is 31.5 Å². The summed E-state index contributed by atoms with van der Waals surface area (Å²) in [7, 11) is 0. The molecule has 1 heterocycles. The molecule has 0 spiro atoms. The van der Waals surface area contributed by atoms with Crippen LogP contribution in [0.1, 0.15) is 38.2 Å². The van der Waals surface area contributed by atoms with E-state index >= 15 is 0 Å². The Bertz CT molecular complexity index is 444. The van der Waals surface area contributed by atoms with Crippen LogP contribution in [-0.2, 0) is 6.54 Å². The van der Waals surface area contributed by atoms with Gasteiger partial charge in [0.25, 0.3) is 0 Å². The summed E-state index contributed by atoms with van der Waals surface area (Å²) in [5.41, 5.74) is 0.838. The molecule has 1 aromatic rings. The molecular formula is C17H25FN2. The maximum Gasteiger partial charge on any atom is 0.127 e. The summed E-state index contributed by atoms with van der Waals surface area (Å²) < 4.78 is 13.9. The molecule has 2 unspecified atom stereocenters. The highest BCUT2D eigenvalue weighted by molar-refractivity contribution is 5.17. The van der Waals surface area contributed by atoms with Crippen molar-refractivity contribution in [2.75, 3.05) is 13.1 Å². The molecule has 110 valence electrons. The van der Waals surface area contributed by atoms with Crippen LogP contribution < -0.4 is 5.32 Å². The van der Waals surface area contributed by atoms with E-state index in [0.717, 1.165) is 31.1 Å². The van der Waals surface area contributed by atoms with Crippen molar-refractivity contribution in [1.29, 1.82) is 0 Å². The molecule has 0 aromatic heterocycles. The third-order valence-corrected chi connectivity index (χ3v) is 4.71. The Kier molecular flexibility index (Phi) is 4.37. The van der Waals surface area contributed by atoms with E-state index in [1.54, 1.807) is 12.1 Å². The molecule has 2 fully saturated rings. The topological polar surface area (TPSA) is 15.3 Å². The zero-order valence-corrected chi connectivity index (χ0v) is 12.3. The SMILES string of the molecule is CCCC1CNC(C2CC2)CN1Cc1ccccc1F. The molecule has 2 nitrogen and oxygen atoms in total. The second kappa shape index (κ2) is 6.23. The lowest BCUT2D eigenvalue weighted by atomic mass is 10.0. The third kappa shape index (κ3) is 3.21. The summed E-state index contributed by atoms with van der Waals surface area (Å²) in [6.07, 6.45) is 5.11. The molecule has 20 heavy (non-hydrogen) atoms. The molecule has 0 amide bonds. The highest BCUT2D eigenvalue weighted by atomic mass is 19.1. The van der Waals surface area contributed by atoms with E-state index in [9.17, 15) is 4.39 Å². The highest BCUT2D eigenvalue weighted by Gasteiger charge is 2.36. The second-order valence-corrected chi connectivity index (χ2v) is 6.32. The predicted molar refractivity (Wildman–Crippen MR) is 80.0 cm³/mol. The predicted octanol–water partition coefficient (Wildman–Crippen LogP) is 3.18. The molecule has 1 saturated heterocycles. The maximum atomic E-state index is 13.9. The van der Waals surface area contributed by atoms with Gasteiger partial charge in [-0.2, -0.15) is 0 Å². The molecule has 3 rings (SSSR count). The number of hydrogen-bond donors (Lipinski definition) is 1. The van der Waals surface area contributed by atoms with Gasteiger partial charge in [0.15, 0.2) is 0 Å². The van der Waals surface area contributed by atoms with Crippen LogP contribution in [-0.4, -0.2) is 30.1 Å². The first-order valence-electron chi connectivity index (χ1n) is 7.98. The number of halogens is 1. The minimum atomic E-state index is -0.0655. The first kappa shape index (κ1) is 14.0.